The summed E-state index contributed by atoms with van der Waals surface area (Å²) in [7, 11) is 1.34. The van der Waals surface area contributed by atoms with E-state index in [9.17, 15) is 34.5 Å². The normalized spacial score (nSPS) is 14.3. The van der Waals surface area contributed by atoms with Gasteiger partial charge in [0.15, 0.2) is 0 Å². The molecule has 0 saturated heterocycles. The molecule has 5 aromatic rings. The molecule has 0 aliphatic heterocycles. The number of nitrogens with zero attached hydrogens (tertiary/aromatic N) is 5. The molecule has 14 heteroatoms. The standard InChI is InChI=1S/C47H59N7O7/c1-30-15-14-18-34(49-30)28-53-39(56)29-54(44(53)59)41(47(5,6)7)43(58)50-35(25-31-16-10-9-11-17-31)27-38(55)37(51-42(57)40(46(2,3)4)52(8)45(60)61)26-32-20-22-33(23-21-32)36-19-12-13-24-48-36/h9-24,29,35,37-38,40-41,55-56H,25-28H2,1-8H3,(H,50,58)(H,51,57)(H,60,61)/t35-,37-,38-,40+,41+/m0/s1. The first-order valence-electron chi connectivity index (χ1n) is 20.4. The second kappa shape index (κ2) is 19.4. The zero-order valence-electron chi connectivity index (χ0n) is 36.2. The summed E-state index contributed by atoms with van der Waals surface area (Å²) in [5, 5.41) is 39.2. The number of aliphatic hydroxyl groups excluding tert-OH is 1. The fourth-order valence-electron chi connectivity index (χ4n) is 7.84. The number of hydrogen-bond acceptors (Lipinski definition) is 8. The number of hydrogen-bond donors (Lipinski definition) is 5. The number of pyridine rings is 2. The molecule has 5 rings (SSSR count). The monoisotopic (exact) mass is 833 g/mol. The Morgan fingerprint density at radius 2 is 1.46 bits per heavy atom. The zero-order valence-corrected chi connectivity index (χ0v) is 36.2. The highest BCUT2D eigenvalue weighted by Crippen LogP contribution is 2.32. The van der Waals surface area contributed by atoms with Gasteiger partial charge in [-0.3, -0.25) is 33.6 Å². The third kappa shape index (κ3) is 11.9. The van der Waals surface area contributed by atoms with Crippen molar-refractivity contribution in [2.45, 2.75) is 105 Å². The van der Waals surface area contributed by atoms with Gasteiger partial charge in [-0.2, -0.15) is 0 Å². The lowest BCUT2D eigenvalue weighted by atomic mass is 9.84. The average Bonchev–Trinajstić information content (AvgIpc) is 3.45. The summed E-state index contributed by atoms with van der Waals surface area (Å²) in [5.41, 5.74) is 2.45. The number of aromatic hydroxyl groups is 1. The van der Waals surface area contributed by atoms with Crippen molar-refractivity contribution < 1.29 is 29.7 Å². The van der Waals surface area contributed by atoms with Gasteiger partial charge in [-0.05, 0) is 72.4 Å². The predicted octanol–water partition coefficient (Wildman–Crippen LogP) is 5.99. The van der Waals surface area contributed by atoms with Crippen molar-refractivity contribution in [3.8, 4) is 17.1 Å². The first-order valence-corrected chi connectivity index (χ1v) is 20.4. The van der Waals surface area contributed by atoms with E-state index in [0.717, 1.165) is 33.0 Å². The smallest absolute Gasteiger partial charge is 0.407 e. The van der Waals surface area contributed by atoms with Crippen LogP contribution in [0.3, 0.4) is 0 Å². The lowest BCUT2D eigenvalue weighted by Crippen LogP contribution is -2.58. The van der Waals surface area contributed by atoms with E-state index in [1.54, 1.807) is 33.0 Å². The van der Waals surface area contributed by atoms with E-state index in [1.807, 2.05) is 113 Å². The van der Waals surface area contributed by atoms with E-state index >= 15 is 0 Å². The summed E-state index contributed by atoms with van der Waals surface area (Å²) in [6.07, 6.45) is 0.910. The summed E-state index contributed by atoms with van der Waals surface area (Å²) in [4.78, 5) is 64.7. The molecule has 61 heavy (non-hydrogen) atoms. The van der Waals surface area contributed by atoms with Crippen LogP contribution in [0.15, 0.2) is 108 Å². The van der Waals surface area contributed by atoms with E-state index in [4.69, 9.17) is 0 Å². The average molecular weight is 834 g/mol. The molecule has 5 atom stereocenters. The molecule has 2 aromatic carbocycles. The second-order valence-corrected chi connectivity index (χ2v) is 17.9. The third-order valence-electron chi connectivity index (χ3n) is 10.7. The Balaban J connectivity index is 1.48. The molecule has 0 radical (unpaired) electrons. The summed E-state index contributed by atoms with van der Waals surface area (Å²) in [5.74, 6) is -1.40. The minimum atomic E-state index is -1.27. The predicted molar refractivity (Wildman–Crippen MR) is 234 cm³/mol. The topological polar surface area (TPSA) is 192 Å². The molecular formula is C47H59N7O7. The summed E-state index contributed by atoms with van der Waals surface area (Å²) in [6, 6.07) is 24.3. The minimum absolute atomic E-state index is 0.00202. The van der Waals surface area contributed by atoms with E-state index in [2.05, 4.69) is 20.6 Å². The van der Waals surface area contributed by atoms with E-state index in [1.165, 1.54) is 22.4 Å². The fourth-order valence-corrected chi connectivity index (χ4v) is 7.84. The van der Waals surface area contributed by atoms with Gasteiger partial charge in [0, 0.05) is 30.5 Å². The van der Waals surface area contributed by atoms with Crippen molar-refractivity contribution in [3.05, 3.63) is 136 Å². The number of carboxylic acid groups (broad SMARTS) is 1. The molecule has 324 valence electrons. The van der Waals surface area contributed by atoms with Crippen molar-refractivity contribution in [3.63, 3.8) is 0 Å². The Morgan fingerprint density at radius 1 is 0.803 bits per heavy atom. The Kier molecular flexibility index (Phi) is 14.6. The summed E-state index contributed by atoms with van der Waals surface area (Å²) in [6.45, 7) is 12.6. The van der Waals surface area contributed by atoms with Gasteiger partial charge in [0.25, 0.3) is 0 Å². The first kappa shape index (κ1) is 45.8. The van der Waals surface area contributed by atoms with Crippen molar-refractivity contribution >= 4 is 17.9 Å². The lowest BCUT2D eigenvalue weighted by Gasteiger charge is -2.37. The SMILES string of the molecule is Cc1cccc(Cn2c(O)cn([C@H](C(=O)N[C@@H](Cc3ccccc3)C[C@H](O)[C@H](Cc3ccc(-c4ccccn4)cc3)NC(=O)[C@@H](N(C)C(=O)O)C(C)(C)C)C(C)(C)C)c2=O)n1. The molecule has 0 bridgehead atoms. The van der Waals surface area contributed by atoms with Crippen LogP contribution in [-0.2, 0) is 29.0 Å². The van der Waals surface area contributed by atoms with Crippen molar-refractivity contribution in [1.29, 1.82) is 0 Å². The Labute approximate surface area is 357 Å². The highest BCUT2D eigenvalue weighted by molar-refractivity contribution is 5.86. The number of carbonyl (C=O) groups is 3. The molecular weight excluding hydrogens is 775 g/mol. The number of amides is 3. The van der Waals surface area contributed by atoms with Crippen LogP contribution >= 0.6 is 0 Å². The summed E-state index contributed by atoms with van der Waals surface area (Å²) < 4.78 is 2.40. The van der Waals surface area contributed by atoms with Crippen LogP contribution in [0.5, 0.6) is 5.88 Å². The van der Waals surface area contributed by atoms with Crippen molar-refractivity contribution in [2.24, 2.45) is 10.8 Å². The van der Waals surface area contributed by atoms with Gasteiger partial charge in [0.2, 0.25) is 17.7 Å². The van der Waals surface area contributed by atoms with Crippen LogP contribution in [0.4, 0.5) is 4.79 Å². The van der Waals surface area contributed by atoms with Gasteiger partial charge in [0.05, 0.1) is 36.3 Å². The number of aryl methyl sites for hydroxylation is 1. The van der Waals surface area contributed by atoms with Gasteiger partial charge in [0.1, 0.15) is 12.1 Å². The number of carbonyl (C=O) groups excluding carboxylic acids is 2. The van der Waals surface area contributed by atoms with Gasteiger partial charge in [-0.15, -0.1) is 0 Å². The number of aliphatic hydroxyl groups is 1. The molecule has 3 amide bonds. The Morgan fingerprint density at radius 3 is 2.05 bits per heavy atom. The van der Waals surface area contributed by atoms with Gasteiger partial charge < -0.3 is 26.0 Å². The molecule has 0 unspecified atom stereocenters. The molecule has 0 spiro atoms. The highest BCUT2D eigenvalue weighted by Gasteiger charge is 2.40. The van der Waals surface area contributed by atoms with Crippen LogP contribution in [0.1, 0.15) is 76.5 Å². The number of aromatic nitrogens is 4. The summed E-state index contributed by atoms with van der Waals surface area (Å²) >= 11 is 0. The maximum Gasteiger partial charge on any atom is 0.407 e. The molecule has 0 aliphatic carbocycles. The van der Waals surface area contributed by atoms with Gasteiger partial charge in [-0.25, -0.2) is 9.59 Å². The fraction of sp³-hybridized carbons (Fsp3) is 0.404. The van der Waals surface area contributed by atoms with Gasteiger partial charge in [-0.1, -0.05) is 108 Å². The number of nitrogens with one attached hydrogen (secondary N) is 2. The van der Waals surface area contributed by atoms with Crippen LogP contribution in [-0.4, -0.2) is 88.5 Å². The van der Waals surface area contributed by atoms with Crippen LogP contribution in [0.25, 0.3) is 11.3 Å². The molecule has 0 fully saturated rings. The van der Waals surface area contributed by atoms with Crippen molar-refractivity contribution in [2.75, 3.05) is 7.05 Å². The number of imidazole rings is 1. The molecule has 5 N–H and O–H groups in total. The minimum Gasteiger partial charge on any atom is -0.493 e. The van der Waals surface area contributed by atoms with Crippen LogP contribution in [0, 0.1) is 17.8 Å². The number of likely N-dealkylation sites (N-methyl/N-ethyl adjacent to an activating group) is 1. The van der Waals surface area contributed by atoms with Gasteiger partial charge >= 0.3 is 11.8 Å². The van der Waals surface area contributed by atoms with Crippen LogP contribution < -0.4 is 16.3 Å². The van der Waals surface area contributed by atoms with E-state index in [0.29, 0.717) is 12.1 Å². The molecule has 0 saturated carbocycles. The van der Waals surface area contributed by atoms with E-state index in [-0.39, 0.29) is 25.3 Å². The van der Waals surface area contributed by atoms with Crippen molar-refractivity contribution in [1.82, 2.24) is 34.6 Å². The third-order valence-corrected chi connectivity index (χ3v) is 10.7. The number of rotatable bonds is 16. The first-order chi connectivity index (χ1) is 28.7. The number of benzene rings is 2. The molecule has 0 aliphatic rings. The maximum atomic E-state index is 14.6. The largest absolute Gasteiger partial charge is 0.493 e. The molecule has 14 nitrogen and oxygen atoms in total. The quantitative estimate of drug-likeness (QED) is 0.0795. The van der Waals surface area contributed by atoms with E-state index < -0.39 is 64.7 Å². The Bertz CT molecular complexity index is 2310. The zero-order chi connectivity index (χ0) is 44.6. The molecule has 3 aromatic heterocycles. The molecule has 3 heterocycles. The highest BCUT2D eigenvalue weighted by atomic mass is 16.4. The van der Waals surface area contributed by atoms with Crippen LogP contribution in [0.2, 0.25) is 0 Å². The second-order valence-electron chi connectivity index (χ2n) is 17.9. The lowest BCUT2D eigenvalue weighted by molar-refractivity contribution is -0.131. The maximum absolute atomic E-state index is 14.6. The Hall–Kier alpha value is -6.28.